The zero-order chi connectivity index (χ0) is 25.9. The number of methoxy groups -OCH3 is 1. The maximum atomic E-state index is 14.2. The minimum Gasteiger partial charge on any atom is -0.496 e. The number of fused-ring (bicyclic) bond motifs is 1. The van der Waals surface area contributed by atoms with Gasteiger partial charge in [-0.25, -0.2) is 0 Å². The van der Waals surface area contributed by atoms with Crippen LogP contribution in [0.15, 0.2) is 60.9 Å². The molecule has 4 aromatic rings. The molecule has 5 rings (SSSR count). The predicted octanol–water partition coefficient (Wildman–Crippen LogP) is 7.11. The highest BCUT2D eigenvalue weighted by Crippen LogP contribution is 2.39. The molecule has 192 valence electrons. The third-order valence-corrected chi connectivity index (χ3v) is 9.12. The minimum atomic E-state index is -0.00709. The first kappa shape index (κ1) is 25.7. The van der Waals surface area contributed by atoms with Crippen LogP contribution >= 0.6 is 22.9 Å². The van der Waals surface area contributed by atoms with Crippen molar-refractivity contribution in [3.05, 3.63) is 82.0 Å². The lowest BCUT2D eigenvalue weighted by Crippen LogP contribution is -2.44. The van der Waals surface area contributed by atoms with Crippen molar-refractivity contribution in [3.63, 3.8) is 0 Å². The number of thiophene rings is 1. The van der Waals surface area contributed by atoms with Crippen LogP contribution in [-0.2, 0) is 6.54 Å². The van der Waals surface area contributed by atoms with Gasteiger partial charge in [0.2, 0.25) is 0 Å². The Bertz CT molecular complexity index is 1400. The van der Waals surface area contributed by atoms with E-state index in [1.165, 1.54) is 11.3 Å². The van der Waals surface area contributed by atoms with Crippen LogP contribution < -0.4 is 10.1 Å². The molecule has 2 aromatic carbocycles. The molecule has 1 N–H and O–H groups in total. The van der Waals surface area contributed by atoms with E-state index in [9.17, 15) is 4.79 Å². The molecule has 2 heterocycles. The molecule has 0 saturated heterocycles. The van der Waals surface area contributed by atoms with E-state index in [4.69, 9.17) is 16.3 Å². The number of rotatable bonds is 7. The number of halogens is 1. The summed E-state index contributed by atoms with van der Waals surface area (Å²) < 4.78 is 6.79. The van der Waals surface area contributed by atoms with Gasteiger partial charge in [0.05, 0.1) is 12.1 Å². The second kappa shape index (κ2) is 11.2. The number of carbonyl (C=O) groups is 1. The van der Waals surface area contributed by atoms with Gasteiger partial charge in [0.25, 0.3) is 5.91 Å². The third kappa shape index (κ3) is 5.24. The molecule has 1 fully saturated rings. The molecule has 0 unspecified atom stereocenters. The van der Waals surface area contributed by atoms with E-state index >= 15 is 0 Å². The van der Waals surface area contributed by atoms with Crippen LogP contribution in [0.3, 0.4) is 0 Å². The van der Waals surface area contributed by atoms with Gasteiger partial charge in [-0.1, -0.05) is 35.9 Å². The lowest BCUT2D eigenvalue weighted by molar-refractivity contribution is 0.0604. The summed E-state index contributed by atoms with van der Waals surface area (Å²) in [6.07, 6.45) is 7.60. The van der Waals surface area contributed by atoms with E-state index in [1.807, 2.05) is 67.5 Å². The van der Waals surface area contributed by atoms with E-state index in [0.717, 1.165) is 63.8 Å². The molecule has 5 nitrogen and oxygen atoms in total. The smallest absolute Gasteiger partial charge is 0.266 e. The molecule has 7 heteroatoms. The summed E-state index contributed by atoms with van der Waals surface area (Å²) in [7, 11) is 3.69. The Balaban J connectivity index is 1.54. The van der Waals surface area contributed by atoms with Crippen molar-refractivity contribution in [2.45, 2.75) is 51.2 Å². The Morgan fingerprint density at radius 2 is 1.95 bits per heavy atom. The zero-order valence-corrected chi connectivity index (χ0v) is 23.0. The highest BCUT2D eigenvalue weighted by Gasteiger charge is 2.32. The maximum absolute atomic E-state index is 14.2. The highest BCUT2D eigenvalue weighted by atomic mass is 35.5. The predicted molar refractivity (Wildman–Crippen MR) is 153 cm³/mol. The largest absolute Gasteiger partial charge is 0.496 e. The van der Waals surface area contributed by atoms with Crippen LogP contribution in [-0.4, -0.2) is 42.0 Å². The van der Waals surface area contributed by atoms with Crippen molar-refractivity contribution in [1.29, 1.82) is 0 Å². The fraction of sp³-hybridized carbons (Fsp3) is 0.333. The van der Waals surface area contributed by atoms with Crippen molar-refractivity contribution < 1.29 is 9.53 Å². The van der Waals surface area contributed by atoms with Crippen LogP contribution in [0.2, 0.25) is 5.02 Å². The molecule has 1 amide bonds. The van der Waals surface area contributed by atoms with Gasteiger partial charge in [0.15, 0.2) is 0 Å². The Hall–Kier alpha value is -2.93. The summed E-state index contributed by atoms with van der Waals surface area (Å²) in [6.45, 7) is 2.50. The van der Waals surface area contributed by atoms with E-state index in [2.05, 4.69) is 16.4 Å². The van der Waals surface area contributed by atoms with Gasteiger partial charge in [0, 0.05) is 52.2 Å². The van der Waals surface area contributed by atoms with Crippen LogP contribution in [0.4, 0.5) is 0 Å². The van der Waals surface area contributed by atoms with Crippen LogP contribution in [0, 0.1) is 6.92 Å². The average molecular weight is 534 g/mol. The average Bonchev–Trinajstić information content (AvgIpc) is 3.29. The summed E-state index contributed by atoms with van der Waals surface area (Å²) in [5.41, 5.74) is 4.14. The maximum Gasteiger partial charge on any atom is 0.266 e. The highest BCUT2D eigenvalue weighted by molar-refractivity contribution is 7.21. The first-order valence-electron chi connectivity index (χ1n) is 12.7. The summed E-state index contributed by atoms with van der Waals surface area (Å²) in [5, 5.41) is 4.94. The van der Waals surface area contributed by atoms with E-state index < -0.39 is 0 Å². The Morgan fingerprint density at radius 3 is 2.62 bits per heavy atom. The van der Waals surface area contributed by atoms with Crippen LogP contribution in [0.1, 0.15) is 46.5 Å². The summed E-state index contributed by atoms with van der Waals surface area (Å²) in [4.78, 5) is 21.2. The number of nitrogens with one attached hydrogen (secondary N) is 1. The molecule has 0 radical (unpaired) electrons. The van der Waals surface area contributed by atoms with Gasteiger partial charge in [0.1, 0.15) is 10.6 Å². The normalized spacial score (nSPS) is 17.6. The molecule has 37 heavy (non-hydrogen) atoms. The fourth-order valence-corrected chi connectivity index (χ4v) is 7.02. The first-order valence-corrected chi connectivity index (χ1v) is 13.9. The van der Waals surface area contributed by atoms with Crippen molar-refractivity contribution in [3.8, 4) is 16.9 Å². The van der Waals surface area contributed by atoms with Crippen molar-refractivity contribution in [1.82, 2.24) is 15.2 Å². The number of benzene rings is 2. The van der Waals surface area contributed by atoms with Gasteiger partial charge in [-0.2, -0.15) is 0 Å². The van der Waals surface area contributed by atoms with E-state index in [0.29, 0.717) is 22.5 Å². The Labute approximate surface area is 227 Å². The van der Waals surface area contributed by atoms with E-state index in [-0.39, 0.29) is 11.9 Å². The van der Waals surface area contributed by atoms with Gasteiger partial charge < -0.3 is 15.0 Å². The third-order valence-electron chi connectivity index (χ3n) is 7.48. The molecular weight excluding hydrogens is 502 g/mol. The van der Waals surface area contributed by atoms with Gasteiger partial charge >= 0.3 is 0 Å². The summed E-state index contributed by atoms with van der Waals surface area (Å²) >= 11 is 8.36. The number of hydrogen-bond acceptors (Lipinski definition) is 5. The molecule has 0 aliphatic heterocycles. The van der Waals surface area contributed by atoms with E-state index in [1.54, 1.807) is 13.3 Å². The number of hydrogen-bond donors (Lipinski definition) is 1. The lowest BCUT2D eigenvalue weighted by Gasteiger charge is -2.37. The SMILES string of the molecule is CN[C@H]1CC[C@H](N(Cc2cc(-c3cccnc3)ccc2OC)C(=O)c2sc3cccc(C)c3c2Cl)CC1. The van der Waals surface area contributed by atoms with Crippen molar-refractivity contribution >= 4 is 38.9 Å². The number of aryl methyl sites for hydroxylation is 1. The van der Waals surface area contributed by atoms with Crippen molar-refractivity contribution in [2.24, 2.45) is 0 Å². The lowest BCUT2D eigenvalue weighted by atomic mass is 9.89. The second-order valence-electron chi connectivity index (χ2n) is 9.69. The number of nitrogens with zero attached hydrogens (tertiary/aromatic N) is 2. The number of amides is 1. The molecule has 1 aliphatic carbocycles. The fourth-order valence-electron chi connectivity index (χ4n) is 5.39. The molecular formula is C30H32ClN3O2S. The first-order chi connectivity index (χ1) is 18.0. The molecule has 0 atom stereocenters. The van der Waals surface area contributed by atoms with Crippen molar-refractivity contribution in [2.75, 3.05) is 14.2 Å². The van der Waals surface area contributed by atoms with Gasteiger partial charge in [-0.05, 0) is 75.0 Å². The zero-order valence-electron chi connectivity index (χ0n) is 21.5. The topological polar surface area (TPSA) is 54.5 Å². The summed E-state index contributed by atoms with van der Waals surface area (Å²) in [5.74, 6) is 0.764. The second-order valence-corrected chi connectivity index (χ2v) is 11.1. The molecule has 2 aromatic heterocycles. The molecule has 1 saturated carbocycles. The monoisotopic (exact) mass is 533 g/mol. The van der Waals surface area contributed by atoms with Crippen LogP contribution in [0.5, 0.6) is 5.75 Å². The van der Waals surface area contributed by atoms with Crippen LogP contribution in [0.25, 0.3) is 21.2 Å². The number of aromatic nitrogens is 1. The molecule has 0 bridgehead atoms. The standard InChI is InChI=1S/C30H32ClN3O2S/c1-19-6-4-8-26-27(19)28(31)29(37-26)30(35)34(24-12-10-23(32-2)11-13-24)18-22-16-20(9-14-25(22)36-3)21-7-5-15-33-17-21/h4-9,14-17,23-24,32H,10-13,18H2,1-3H3/t23-,24-. The molecule has 1 aliphatic rings. The summed E-state index contributed by atoms with van der Waals surface area (Å²) in [6, 6.07) is 16.8. The Kier molecular flexibility index (Phi) is 7.79. The number of pyridine rings is 1. The number of carbonyl (C=O) groups excluding carboxylic acids is 1. The minimum absolute atomic E-state index is 0.00709. The Morgan fingerprint density at radius 1 is 1.14 bits per heavy atom. The van der Waals surface area contributed by atoms with Gasteiger partial charge in [-0.15, -0.1) is 11.3 Å². The van der Waals surface area contributed by atoms with Gasteiger partial charge in [-0.3, -0.25) is 9.78 Å². The quantitative estimate of drug-likeness (QED) is 0.275. The molecule has 0 spiro atoms. The number of ether oxygens (including phenoxy) is 1.